The molecule has 1 heterocycles. The van der Waals surface area contributed by atoms with Gasteiger partial charge in [-0.1, -0.05) is 11.8 Å². The second-order valence-corrected chi connectivity index (χ2v) is 4.42. The number of aromatic carboxylic acids is 1. The van der Waals surface area contributed by atoms with Gasteiger partial charge in [-0.3, -0.25) is 4.79 Å². The molecule has 5 nitrogen and oxygen atoms in total. The van der Waals surface area contributed by atoms with Crippen molar-refractivity contribution in [1.82, 2.24) is 10.3 Å². The number of nitrogens with zero attached hydrogens (tertiary/aromatic N) is 1. The Balaban J connectivity index is 2.78. The maximum absolute atomic E-state index is 11.3. The van der Waals surface area contributed by atoms with Crippen LogP contribution in [0.3, 0.4) is 0 Å². The molecule has 0 bridgehead atoms. The molecule has 1 rings (SSSR count). The van der Waals surface area contributed by atoms with Crippen molar-refractivity contribution >= 4 is 23.6 Å². The number of carboxylic acids is 1. The number of amides is 1. The van der Waals surface area contributed by atoms with Crippen LogP contribution in [-0.2, 0) is 4.79 Å². The summed E-state index contributed by atoms with van der Waals surface area (Å²) in [7, 11) is 1.56. The summed E-state index contributed by atoms with van der Waals surface area (Å²) in [6.07, 6.45) is 1.42. The summed E-state index contributed by atoms with van der Waals surface area (Å²) in [6, 6.07) is 2.86. The normalized spacial score (nSPS) is 11.9. The minimum absolute atomic E-state index is 0.118. The second kappa shape index (κ2) is 5.50. The van der Waals surface area contributed by atoms with Gasteiger partial charge in [-0.15, -0.1) is 0 Å². The molecule has 86 valence electrons. The Bertz CT molecular complexity index is 409. The second-order valence-electron chi connectivity index (χ2n) is 3.06. The number of carbonyl (C=O) groups excluding carboxylic acids is 1. The number of hydrogen-bond donors (Lipinski definition) is 2. The quantitative estimate of drug-likeness (QED) is 0.768. The molecule has 1 unspecified atom stereocenters. The van der Waals surface area contributed by atoms with Crippen LogP contribution in [0.4, 0.5) is 0 Å². The molecule has 0 saturated heterocycles. The predicted octanol–water partition coefficient (Wildman–Crippen LogP) is 1.01. The molecule has 1 atom stereocenters. The summed E-state index contributed by atoms with van der Waals surface area (Å²) in [5.41, 5.74) is 0.168. The topological polar surface area (TPSA) is 79.3 Å². The Morgan fingerprint density at radius 1 is 1.56 bits per heavy atom. The molecule has 1 aromatic rings. The number of aromatic nitrogens is 1. The van der Waals surface area contributed by atoms with Crippen molar-refractivity contribution in [3.05, 3.63) is 23.9 Å². The van der Waals surface area contributed by atoms with E-state index in [9.17, 15) is 9.59 Å². The first-order valence-corrected chi connectivity index (χ1v) is 5.50. The van der Waals surface area contributed by atoms with Crippen LogP contribution in [0.1, 0.15) is 17.3 Å². The highest BCUT2D eigenvalue weighted by Gasteiger charge is 2.14. The number of thioether (sulfide) groups is 1. The van der Waals surface area contributed by atoms with E-state index in [4.69, 9.17) is 5.11 Å². The van der Waals surface area contributed by atoms with E-state index >= 15 is 0 Å². The Hall–Kier alpha value is -1.56. The highest BCUT2D eigenvalue weighted by molar-refractivity contribution is 8.00. The highest BCUT2D eigenvalue weighted by atomic mass is 32.2. The molecule has 0 aliphatic rings. The van der Waals surface area contributed by atoms with E-state index in [0.29, 0.717) is 5.03 Å². The van der Waals surface area contributed by atoms with E-state index in [0.717, 1.165) is 0 Å². The smallest absolute Gasteiger partial charge is 0.335 e. The lowest BCUT2D eigenvalue weighted by Gasteiger charge is -2.08. The molecule has 6 heteroatoms. The molecule has 0 aliphatic heterocycles. The molecule has 1 aromatic heterocycles. The van der Waals surface area contributed by atoms with E-state index in [2.05, 4.69) is 10.3 Å². The number of rotatable bonds is 4. The summed E-state index contributed by atoms with van der Waals surface area (Å²) in [5, 5.41) is 11.5. The number of hydrogen-bond acceptors (Lipinski definition) is 4. The van der Waals surface area contributed by atoms with E-state index in [1.165, 1.54) is 30.1 Å². The van der Waals surface area contributed by atoms with Gasteiger partial charge in [0.2, 0.25) is 5.91 Å². The summed E-state index contributed by atoms with van der Waals surface area (Å²) < 4.78 is 0. The zero-order valence-corrected chi connectivity index (χ0v) is 9.75. The Morgan fingerprint density at radius 2 is 2.25 bits per heavy atom. The molecule has 0 radical (unpaired) electrons. The zero-order valence-electron chi connectivity index (χ0n) is 8.93. The van der Waals surface area contributed by atoms with Crippen LogP contribution in [0.2, 0.25) is 0 Å². The van der Waals surface area contributed by atoms with Gasteiger partial charge in [0.05, 0.1) is 15.8 Å². The molecule has 0 aromatic carbocycles. The Kier molecular flexibility index (Phi) is 4.30. The van der Waals surface area contributed by atoms with Crippen molar-refractivity contribution in [2.24, 2.45) is 0 Å². The van der Waals surface area contributed by atoms with Crippen molar-refractivity contribution in [3.8, 4) is 0 Å². The summed E-state index contributed by atoms with van der Waals surface area (Å²) in [6.45, 7) is 1.73. The number of carbonyl (C=O) groups is 2. The molecule has 0 saturated carbocycles. The molecule has 0 fully saturated rings. The fourth-order valence-corrected chi connectivity index (χ4v) is 1.95. The lowest BCUT2D eigenvalue weighted by molar-refractivity contribution is -0.119. The van der Waals surface area contributed by atoms with E-state index in [1.54, 1.807) is 14.0 Å². The van der Waals surface area contributed by atoms with Gasteiger partial charge in [0.15, 0.2) is 0 Å². The SMILES string of the molecule is CNC(=O)C(C)Sc1cc(C(=O)O)ccn1. The van der Waals surface area contributed by atoms with E-state index < -0.39 is 5.97 Å². The Morgan fingerprint density at radius 3 is 2.81 bits per heavy atom. The monoisotopic (exact) mass is 240 g/mol. The van der Waals surface area contributed by atoms with E-state index in [-0.39, 0.29) is 16.7 Å². The zero-order chi connectivity index (χ0) is 12.1. The minimum atomic E-state index is -1.00. The first-order chi connectivity index (χ1) is 7.54. The van der Waals surface area contributed by atoms with Gasteiger partial charge >= 0.3 is 5.97 Å². The predicted molar refractivity (Wildman–Crippen MR) is 60.6 cm³/mol. The van der Waals surface area contributed by atoms with Gasteiger partial charge in [-0.2, -0.15) is 0 Å². The minimum Gasteiger partial charge on any atom is -0.478 e. The van der Waals surface area contributed by atoms with Crippen molar-refractivity contribution in [3.63, 3.8) is 0 Å². The number of nitrogens with one attached hydrogen (secondary N) is 1. The molecule has 16 heavy (non-hydrogen) atoms. The van der Waals surface area contributed by atoms with Crippen LogP contribution >= 0.6 is 11.8 Å². The Labute approximate surface area is 97.3 Å². The number of carboxylic acid groups (broad SMARTS) is 1. The first kappa shape index (κ1) is 12.5. The van der Waals surface area contributed by atoms with Crippen molar-refractivity contribution in [2.45, 2.75) is 17.2 Å². The van der Waals surface area contributed by atoms with Crippen LogP contribution in [-0.4, -0.2) is 34.3 Å². The highest BCUT2D eigenvalue weighted by Crippen LogP contribution is 2.21. The van der Waals surface area contributed by atoms with Gasteiger partial charge in [0.25, 0.3) is 0 Å². The molecule has 1 amide bonds. The van der Waals surface area contributed by atoms with Crippen LogP contribution in [0.15, 0.2) is 23.4 Å². The van der Waals surface area contributed by atoms with Gasteiger partial charge in [-0.25, -0.2) is 9.78 Å². The summed E-state index contributed by atoms with van der Waals surface area (Å²) in [5.74, 6) is -1.12. The van der Waals surface area contributed by atoms with Crippen molar-refractivity contribution in [2.75, 3.05) is 7.05 Å². The molecular weight excluding hydrogens is 228 g/mol. The van der Waals surface area contributed by atoms with Crippen LogP contribution < -0.4 is 5.32 Å². The molecule has 0 aliphatic carbocycles. The standard InChI is InChI=1S/C10H12N2O3S/c1-6(9(13)11-2)16-8-5-7(10(14)15)3-4-12-8/h3-6H,1-2H3,(H,11,13)(H,14,15). The third-order valence-corrected chi connectivity index (χ3v) is 2.93. The molecular formula is C10H12N2O3S. The third-order valence-electron chi connectivity index (χ3n) is 1.89. The fraction of sp³-hybridized carbons (Fsp3) is 0.300. The van der Waals surface area contributed by atoms with E-state index in [1.807, 2.05) is 0 Å². The van der Waals surface area contributed by atoms with Gasteiger partial charge in [-0.05, 0) is 19.1 Å². The molecule has 2 N–H and O–H groups in total. The van der Waals surface area contributed by atoms with Crippen LogP contribution in [0.25, 0.3) is 0 Å². The number of pyridine rings is 1. The van der Waals surface area contributed by atoms with Gasteiger partial charge in [0.1, 0.15) is 0 Å². The maximum Gasteiger partial charge on any atom is 0.335 e. The average molecular weight is 240 g/mol. The lowest BCUT2D eigenvalue weighted by Crippen LogP contribution is -2.27. The van der Waals surface area contributed by atoms with Crippen molar-refractivity contribution in [1.29, 1.82) is 0 Å². The average Bonchev–Trinajstić information content (AvgIpc) is 2.28. The maximum atomic E-state index is 11.3. The van der Waals surface area contributed by atoms with Gasteiger partial charge < -0.3 is 10.4 Å². The first-order valence-electron chi connectivity index (χ1n) is 4.62. The fourth-order valence-electron chi connectivity index (χ4n) is 1.04. The van der Waals surface area contributed by atoms with Crippen LogP contribution in [0.5, 0.6) is 0 Å². The third kappa shape index (κ3) is 3.23. The summed E-state index contributed by atoms with van der Waals surface area (Å²) >= 11 is 1.22. The van der Waals surface area contributed by atoms with Crippen molar-refractivity contribution < 1.29 is 14.7 Å². The largest absolute Gasteiger partial charge is 0.478 e. The lowest BCUT2D eigenvalue weighted by atomic mass is 10.3. The van der Waals surface area contributed by atoms with Gasteiger partial charge in [0, 0.05) is 13.2 Å². The van der Waals surface area contributed by atoms with Crippen LogP contribution in [0, 0.1) is 0 Å². The molecule has 0 spiro atoms. The summed E-state index contributed by atoms with van der Waals surface area (Å²) in [4.78, 5) is 26.0.